The van der Waals surface area contributed by atoms with Crippen molar-refractivity contribution >= 4 is 23.2 Å². The SMILES string of the molecule is NC(=O)Cc1cnc2ccc(-c3c(-c4ccc(F)c(Cl)c4)ncn3C3CC(F)(F)C3)nn12. The van der Waals surface area contributed by atoms with Crippen LogP contribution < -0.4 is 5.73 Å². The Balaban J connectivity index is 1.68. The highest BCUT2D eigenvalue weighted by Crippen LogP contribution is 2.48. The lowest BCUT2D eigenvalue weighted by molar-refractivity contribution is -0.117. The van der Waals surface area contributed by atoms with Gasteiger partial charge in [0.25, 0.3) is 5.92 Å². The number of nitrogens with zero attached hydrogens (tertiary/aromatic N) is 5. The molecule has 0 aliphatic heterocycles. The molecule has 7 nitrogen and oxygen atoms in total. The lowest BCUT2D eigenvalue weighted by atomic mass is 9.87. The number of halogens is 4. The number of primary amides is 1. The summed E-state index contributed by atoms with van der Waals surface area (Å²) in [6.45, 7) is 0. The topological polar surface area (TPSA) is 91.1 Å². The minimum Gasteiger partial charge on any atom is -0.369 e. The Morgan fingerprint density at radius 3 is 2.69 bits per heavy atom. The van der Waals surface area contributed by atoms with E-state index in [0.717, 1.165) is 0 Å². The Bertz CT molecular complexity index is 1360. The molecule has 2 N–H and O–H groups in total. The van der Waals surface area contributed by atoms with Crippen LogP contribution in [-0.2, 0) is 11.2 Å². The van der Waals surface area contributed by atoms with Gasteiger partial charge in [-0.3, -0.25) is 4.79 Å². The molecule has 0 atom stereocenters. The molecule has 1 amide bonds. The van der Waals surface area contributed by atoms with Crippen molar-refractivity contribution < 1.29 is 18.0 Å². The van der Waals surface area contributed by atoms with E-state index in [4.69, 9.17) is 17.3 Å². The van der Waals surface area contributed by atoms with Crippen molar-refractivity contribution in [3.05, 3.63) is 59.4 Å². The van der Waals surface area contributed by atoms with Crippen molar-refractivity contribution in [2.45, 2.75) is 31.2 Å². The van der Waals surface area contributed by atoms with Crippen molar-refractivity contribution in [2.75, 3.05) is 0 Å². The fourth-order valence-electron chi connectivity index (χ4n) is 3.92. The predicted octanol–water partition coefficient (Wildman–Crippen LogP) is 4.05. The second-order valence-electron chi connectivity index (χ2n) is 7.78. The maximum absolute atomic E-state index is 13.7. The van der Waals surface area contributed by atoms with Gasteiger partial charge in [0.2, 0.25) is 5.91 Å². The summed E-state index contributed by atoms with van der Waals surface area (Å²) < 4.78 is 44.1. The van der Waals surface area contributed by atoms with Gasteiger partial charge in [-0.2, -0.15) is 5.10 Å². The van der Waals surface area contributed by atoms with Gasteiger partial charge in [0, 0.05) is 24.4 Å². The van der Waals surface area contributed by atoms with Crippen molar-refractivity contribution in [3.63, 3.8) is 0 Å². The maximum atomic E-state index is 13.7. The fraction of sp³-hybridized carbons (Fsp3) is 0.238. The third-order valence-corrected chi connectivity index (χ3v) is 5.77. The van der Waals surface area contributed by atoms with Gasteiger partial charge in [-0.05, 0) is 30.3 Å². The van der Waals surface area contributed by atoms with E-state index in [1.54, 1.807) is 16.7 Å². The first kappa shape index (κ1) is 20.5. The lowest BCUT2D eigenvalue weighted by Gasteiger charge is -2.36. The highest BCUT2D eigenvalue weighted by Gasteiger charge is 2.47. The van der Waals surface area contributed by atoms with Gasteiger partial charge in [0.15, 0.2) is 5.65 Å². The Kier molecular flexibility index (Phi) is 4.70. The Labute approximate surface area is 184 Å². The van der Waals surface area contributed by atoms with Gasteiger partial charge in [-0.25, -0.2) is 27.7 Å². The van der Waals surface area contributed by atoms with Crippen LogP contribution in [0.3, 0.4) is 0 Å². The second-order valence-corrected chi connectivity index (χ2v) is 8.18. The quantitative estimate of drug-likeness (QED) is 0.486. The molecule has 0 radical (unpaired) electrons. The zero-order valence-corrected chi connectivity index (χ0v) is 17.2. The molecule has 0 bridgehead atoms. The average molecular weight is 461 g/mol. The monoisotopic (exact) mass is 460 g/mol. The van der Waals surface area contributed by atoms with E-state index in [-0.39, 0.29) is 24.3 Å². The lowest BCUT2D eigenvalue weighted by Crippen LogP contribution is -2.37. The molecule has 1 fully saturated rings. The van der Waals surface area contributed by atoms with E-state index < -0.39 is 23.7 Å². The molecule has 4 aromatic rings. The molecule has 1 aliphatic rings. The van der Waals surface area contributed by atoms with Gasteiger partial charge in [0.1, 0.15) is 11.5 Å². The van der Waals surface area contributed by atoms with Crippen LogP contribution in [0.4, 0.5) is 13.2 Å². The number of alkyl halides is 2. The Morgan fingerprint density at radius 1 is 1.22 bits per heavy atom. The van der Waals surface area contributed by atoms with Gasteiger partial charge < -0.3 is 10.3 Å². The molecule has 0 saturated heterocycles. The van der Waals surface area contributed by atoms with Crippen LogP contribution in [-0.4, -0.2) is 36.0 Å². The number of hydrogen-bond donors (Lipinski definition) is 1. The van der Waals surface area contributed by atoms with E-state index in [2.05, 4.69) is 15.1 Å². The summed E-state index contributed by atoms with van der Waals surface area (Å²) in [6.07, 6.45) is 2.28. The highest BCUT2D eigenvalue weighted by atomic mass is 35.5. The fourth-order valence-corrected chi connectivity index (χ4v) is 4.10. The molecule has 5 rings (SSSR count). The molecule has 3 aromatic heterocycles. The molecule has 0 unspecified atom stereocenters. The second kappa shape index (κ2) is 7.33. The first-order valence-corrected chi connectivity index (χ1v) is 10.1. The number of hydrogen-bond acceptors (Lipinski definition) is 4. The smallest absolute Gasteiger partial charge is 0.252 e. The van der Waals surface area contributed by atoms with Gasteiger partial charge in [-0.15, -0.1) is 0 Å². The first-order valence-electron chi connectivity index (χ1n) is 9.74. The standard InChI is InChI=1S/C21H16ClF3N6O/c22-14-5-11(1-2-15(14)23)19-20(30(10-28-19)13-7-21(24,25)8-13)16-3-4-18-27-9-12(6-17(26)32)31(18)29-16/h1-5,9-10,13H,6-8H2,(H2,26,32). The zero-order valence-electron chi connectivity index (χ0n) is 16.5. The van der Waals surface area contributed by atoms with Crippen molar-refractivity contribution in [3.8, 4) is 22.6 Å². The minimum atomic E-state index is -2.73. The summed E-state index contributed by atoms with van der Waals surface area (Å²) in [5, 5.41) is 4.50. The number of aromatic nitrogens is 5. The molecule has 0 spiro atoms. The van der Waals surface area contributed by atoms with Gasteiger partial charge in [-0.1, -0.05) is 11.6 Å². The molecule has 32 heavy (non-hydrogen) atoms. The van der Waals surface area contributed by atoms with Crippen LogP contribution >= 0.6 is 11.6 Å². The van der Waals surface area contributed by atoms with E-state index in [0.29, 0.717) is 34.0 Å². The van der Waals surface area contributed by atoms with Crippen LogP contribution in [0.5, 0.6) is 0 Å². The van der Waals surface area contributed by atoms with Crippen LogP contribution in [0.1, 0.15) is 24.6 Å². The molecule has 1 saturated carbocycles. The number of benzene rings is 1. The number of fused-ring (bicyclic) bond motifs is 1. The summed E-state index contributed by atoms with van der Waals surface area (Å²) in [4.78, 5) is 20.0. The highest BCUT2D eigenvalue weighted by molar-refractivity contribution is 6.31. The third-order valence-electron chi connectivity index (χ3n) is 5.48. The number of amides is 1. The zero-order chi connectivity index (χ0) is 22.6. The van der Waals surface area contributed by atoms with E-state index in [9.17, 15) is 18.0 Å². The van der Waals surface area contributed by atoms with Crippen molar-refractivity contribution in [2.24, 2.45) is 5.73 Å². The predicted molar refractivity (Wildman–Crippen MR) is 111 cm³/mol. The molecule has 3 heterocycles. The van der Waals surface area contributed by atoms with Crippen molar-refractivity contribution in [1.82, 2.24) is 24.1 Å². The minimum absolute atomic E-state index is 0.0633. The van der Waals surface area contributed by atoms with E-state index in [1.807, 2.05) is 0 Å². The first-order chi connectivity index (χ1) is 15.2. The summed E-state index contributed by atoms with van der Waals surface area (Å²) in [5.74, 6) is -3.85. The largest absolute Gasteiger partial charge is 0.369 e. The average Bonchev–Trinajstić information content (AvgIpc) is 3.32. The van der Waals surface area contributed by atoms with E-state index in [1.165, 1.54) is 35.2 Å². The summed E-state index contributed by atoms with van der Waals surface area (Å²) in [6, 6.07) is 7.08. The molecule has 1 aromatic carbocycles. The van der Waals surface area contributed by atoms with Gasteiger partial charge >= 0.3 is 0 Å². The molecular formula is C21H16ClF3N6O. The van der Waals surface area contributed by atoms with Crippen molar-refractivity contribution in [1.29, 1.82) is 0 Å². The number of nitrogens with two attached hydrogens (primary N) is 1. The Morgan fingerprint density at radius 2 is 2.00 bits per heavy atom. The number of carbonyl (C=O) groups excluding carboxylic acids is 1. The van der Waals surface area contributed by atoms with Crippen LogP contribution in [0.25, 0.3) is 28.3 Å². The molecular weight excluding hydrogens is 445 g/mol. The molecule has 164 valence electrons. The normalized spacial score (nSPS) is 15.8. The molecule has 11 heteroatoms. The summed E-state index contributed by atoms with van der Waals surface area (Å²) >= 11 is 5.96. The summed E-state index contributed by atoms with van der Waals surface area (Å²) in [5.41, 5.74) is 8.14. The van der Waals surface area contributed by atoms with Gasteiger partial charge in [0.05, 0.1) is 41.0 Å². The molecule has 1 aliphatic carbocycles. The van der Waals surface area contributed by atoms with Crippen LogP contribution in [0.2, 0.25) is 5.02 Å². The van der Waals surface area contributed by atoms with E-state index >= 15 is 0 Å². The number of rotatable bonds is 5. The number of carbonyl (C=O) groups is 1. The maximum Gasteiger partial charge on any atom is 0.252 e. The summed E-state index contributed by atoms with van der Waals surface area (Å²) in [7, 11) is 0. The van der Waals surface area contributed by atoms with Crippen LogP contribution in [0, 0.1) is 5.82 Å². The Hall–Kier alpha value is -3.40. The van der Waals surface area contributed by atoms with Crippen LogP contribution in [0.15, 0.2) is 42.9 Å². The number of imidazole rings is 2. The third kappa shape index (κ3) is 3.50.